The molecule has 1 heteroatoms. The maximum absolute atomic E-state index is 2.39. The molecule has 0 unspecified atom stereocenters. The van der Waals surface area contributed by atoms with Gasteiger partial charge in [0.1, 0.15) is 5.75 Å². The van der Waals surface area contributed by atoms with E-state index in [0.29, 0.717) is 0 Å². The van der Waals surface area contributed by atoms with Crippen molar-refractivity contribution in [1.82, 2.24) is 0 Å². The van der Waals surface area contributed by atoms with Gasteiger partial charge < -0.3 is 0 Å². The summed E-state index contributed by atoms with van der Waals surface area (Å²) in [5.74, 6) is 4.05. The molecule has 1 saturated carbocycles. The molecule has 0 bridgehead atoms. The standard InChI is InChI=1S/C22H29S/c1-18(2)20-15-13-19(14-16-20)17-23(21-9-5-3-6-10-21)22-11-7-4-8-12-22/h3-12,18-20H,13-17H2,1-2H3/q+1. The summed E-state index contributed by atoms with van der Waals surface area (Å²) in [7, 11) is 0.229. The molecule has 0 spiro atoms. The Morgan fingerprint density at radius 3 is 1.70 bits per heavy atom. The molecular formula is C22H29S+. The first-order valence-electron chi connectivity index (χ1n) is 9.05. The van der Waals surface area contributed by atoms with E-state index >= 15 is 0 Å². The van der Waals surface area contributed by atoms with Crippen molar-refractivity contribution in [2.75, 3.05) is 5.75 Å². The monoisotopic (exact) mass is 325 g/mol. The highest BCUT2D eigenvalue weighted by Gasteiger charge is 2.32. The highest BCUT2D eigenvalue weighted by Crippen LogP contribution is 2.36. The van der Waals surface area contributed by atoms with E-state index in [0.717, 1.165) is 17.8 Å². The van der Waals surface area contributed by atoms with E-state index in [2.05, 4.69) is 74.5 Å². The Morgan fingerprint density at radius 1 is 0.783 bits per heavy atom. The molecule has 0 radical (unpaired) electrons. The average molecular weight is 326 g/mol. The van der Waals surface area contributed by atoms with Gasteiger partial charge in [-0.25, -0.2) is 0 Å². The van der Waals surface area contributed by atoms with Gasteiger partial charge in [0.15, 0.2) is 9.79 Å². The SMILES string of the molecule is CC(C)C1CCC(C[S+](c2ccccc2)c2ccccc2)CC1. The van der Waals surface area contributed by atoms with Gasteiger partial charge in [-0.15, -0.1) is 0 Å². The van der Waals surface area contributed by atoms with Gasteiger partial charge in [-0.05, 0) is 61.8 Å². The minimum Gasteiger partial charge on any atom is -0.0625 e. The molecule has 0 saturated heterocycles. The molecule has 122 valence electrons. The Morgan fingerprint density at radius 2 is 1.26 bits per heavy atom. The van der Waals surface area contributed by atoms with Crippen molar-refractivity contribution in [2.24, 2.45) is 17.8 Å². The molecule has 1 fully saturated rings. The molecule has 0 N–H and O–H groups in total. The lowest BCUT2D eigenvalue weighted by Gasteiger charge is -2.30. The number of hydrogen-bond acceptors (Lipinski definition) is 0. The lowest BCUT2D eigenvalue weighted by molar-refractivity contribution is 0.236. The van der Waals surface area contributed by atoms with Gasteiger partial charge in [-0.1, -0.05) is 50.2 Å². The summed E-state index contributed by atoms with van der Waals surface area (Å²) in [6.45, 7) is 4.78. The predicted octanol–water partition coefficient (Wildman–Crippen LogP) is 6.19. The summed E-state index contributed by atoms with van der Waals surface area (Å²) in [4.78, 5) is 3.01. The van der Waals surface area contributed by atoms with E-state index in [1.54, 1.807) is 0 Å². The Bertz CT molecular complexity index is 528. The fourth-order valence-electron chi connectivity index (χ4n) is 3.76. The first-order valence-corrected chi connectivity index (χ1v) is 10.4. The summed E-state index contributed by atoms with van der Waals surface area (Å²) in [6.07, 6.45) is 5.71. The molecule has 23 heavy (non-hydrogen) atoms. The van der Waals surface area contributed by atoms with Crippen LogP contribution in [0.2, 0.25) is 0 Å². The third-order valence-corrected chi connectivity index (χ3v) is 7.78. The quantitative estimate of drug-likeness (QED) is 0.575. The van der Waals surface area contributed by atoms with E-state index in [1.807, 2.05) is 0 Å². The second-order valence-electron chi connectivity index (χ2n) is 7.21. The lowest BCUT2D eigenvalue weighted by atomic mass is 9.77. The van der Waals surface area contributed by atoms with Crippen molar-refractivity contribution in [3.8, 4) is 0 Å². The fraction of sp³-hybridized carbons (Fsp3) is 0.455. The molecule has 0 amide bonds. The van der Waals surface area contributed by atoms with Gasteiger partial charge >= 0.3 is 0 Å². The normalized spacial score (nSPS) is 21.7. The number of hydrogen-bond donors (Lipinski definition) is 0. The highest BCUT2D eigenvalue weighted by molar-refractivity contribution is 7.97. The van der Waals surface area contributed by atoms with Crippen molar-refractivity contribution in [3.05, 3.63) is 60.7 Å². The zero-order valence-corrected chi connectivity index (χ0v) is 15.3. The van der Waals surface area contributed by atoms with Gasteiger partial charge in [0.05, 0.1) is 10.9 Å². The van der Waals surface area contributed by atoms with Gasteiger partial charge in [0.25, 0.3) is 0 Å². The molecule has 2 aromatic carbocycles. The van der Waals surface area contributed by atoms with Crippen molar-refractivity contribution in [3.63, 3.8) is 0 Å². The van der Waals surface area contributed by atoms with Crippen molar-refractivity contribution >= 4 is 10.9 Å². The van der Waals surface area contributed by atoms with Gasteiger partial charge in [-0.2, -0.15) is 0 Å². The topological polar surface area (TPSA) is 0 Å². The van der Waals surface area contributed by atoms with Crippen LogP contribution >= 0.6 is 0 Å². The second kappa shape index (κ2) is 8.06. The van der Waals surface area contributed by atoms with Crippen LogP contribution in [0, 0.1) is 17.8 Å². The van der Waals surface area contributed by atoms with E-state index in [4.69, 9.17) is 0 Å². The number of benzene rings is 2. The average Bonchev–Trinajstić information content (AvgIpc) is 2.61. The Balaban J connectivity index is 1.73. The van der Waals surface area contributed by atoms with Crippen LogP contribution in [0.4, 0.5) is 0 Å². The van der Waals surface area contributed by atoms with Crippen LogP contribution < -0.4 is 0 Å². The molecule has 0 nitrogen and oxygen atoms in total. The highest BCUT2D eigenvalue weighted by atomic mass is 32.2. The van der Waals surface area contributed by atoms with E-state index in [-0.39, 0.29) is 10.9 Å². The lowest BCUT2D eigenvalue weighted by Crippen LogP contribution is -2.24. The Labute approximate surface area is 144 Å². The minimum absolute atomic E-state index is 0.229. The second-order valence-corrected chi connectivity index (χ2v) is 9.27. The molecule has 0 aliphatic heterocycles. The maximum atomic E-state index is 2.39. The Hall–Kier alpha value is -1.21. The first-order chi connectivity index (χ1) is 11.2. The summed E-state index contributed by atoms with van der Waals surface area (Å²) >= 11 is 0. The molecule has 0 heterocycles. The summed E-state index contributed by atoms with van der Waals surface area (Å²) in [5.41, 5.74) is 0. The zero-order chi connectivity index (χ0) is 16.1. The smallest absolute Gasteiger partial charge is 0.0625 e. The molecular weight excluding hydrogens is 296 g/mol. The van der Waals surface area contributed by atoms with E-state index in [9.17, 15) is 0 Å². The number of rotatable bonds is 5. The largest absolute Gasteiger partial charge is 0.160 e. The van der Waals surface area contributed by atoms with E-state index < -0.39 is 0 Å². The van der Waals surface area contributed by atoms with Crippen molar-refractivity contribution in [2.45, 2.75) is 49.3 Å². The van der Waals surface area contributed by atoms with Crippen LogP contribution in [-0.2, 0) is 10.9 Å². The van der Waals surface area contributed by atoms with Gasteiger partial charge in [-0.3, -0.25) is 0 Å². The summed E-state index contributed by atoms with van der Waals surface area (Å²) < 4.78 is 0. The maximum Gasteiger partial charge on any atom is 0.160 e. The molecule has 0 atom stereocenters. The summed E-state index contributed by atoms with van der Waals surface area (Å²) in [6, 6.07) is 22.3. The zero-order valence-electron chi connectivity index (χ0n) is 14.4. The predicted molar refractivity (Wildman–Crippen MR) is 102 cm³/mol. The first kappa shape index (κ1) is 16.6. The van der Waals surface area contributed by atoms with Crippen LogP contribution in [0.15, 0.2) is 70.5 Å². The van der Waals surface area contributed by atoms with Crippen LogP contribution in [0.25, 0.3) is 0 Å². The van der Waals surface area contributed by atoms with Crippen molar-refractivity contribution < 1.29 is 0 Å². The van der Waals surface area contributed by atoms with Crippen LogP contribution in [0.1, 0.15) is 39.5 Å². The van der Waals surface area contributed by atoms with Gasteiger partial charge in [0.2, 0.25) is 0 Å². The third-order valence-electron chi connectivity index (χ3n) is 5.29. The van der Waals surface area contributed by atoms with Crippen LogP contribution in [0.3, 0.4) is 0 Å². The fourth-order valence-corrected chi connectivity index (χ4v) is 6.19. The molecule has 1 aliphatic carbocycles. The molecule has 0 aromatic heterocycles. The summed E-state index contributed by atoms with van der Waals surface area (Å²) in [5, 5.41) is 0. The molecule has 3 rings (SSSR count). The molecule has 2 aromatic rings. The molecule has 1 aliphatic rings. The van der Waals surface area contributed by atoms with Crippen LogP contribution in [0.5, 0.6) is 0 Å². The minimum atomic E-state index is 0.229. The Kier molecular flexibility index (Phi) is 5.83. The van der Waals surface area contributed by atoms with Crippen LogP contribution in [-0.4, -0.2) is 5.75 Å². The van der Waals surface area contributed by atoms with Crippen molar-refractivity contribution in [1.29, 1.82) is 0 Å². The third kappa shape index (κ3) is 4.41. The van der Waals surface area contributed by atoms with Gasteiger partial charge in [0, 0.05) is 5.92 Å². The van der Waals surface area contributed by atoms with E-state index in [1.165, 1.54) is 41.2 Å².